The van der Waals surface area contributed by atoms with E-state index in [0.29, 0.717) is 6.54 Å². The van der Waals surface area contributed by atoms with Gasteiger partial charge in [-0.2, -0.15) is 13.2 Å². The lowest BCUT2D eigenvalue weighted by atomic mass is 9.97. The van der Waals surface area contributed by atoms with Crippen molar-refractivity contribution in [3.8, 4) is 0 Å². The van der Waals surface area contributed by atoms with Crippen molar-refractivity contribution in [2.75, 3.05) is 12.3 Å². The molecule has 1 aromatic heterocycles. The molecule has 0 spiro atoms. The molecule has 0 atom stereocenters. The molecule has 1 aliphatic carbocycles. The molecule has 0 saturated carbocycles. The summed E-state index contributed by atoms with van der Waals surface area (Å²) in [7, 11) is 0. The molecule has 3 nitrogen and oxygen atoms in total. The number of nitrogens with zero attached hydrogens (tertiary/aromatic N) is 1. The molecule has 0 aromatic carbocycles. The van der Waals surface area contributed by atoms with Crippen LogP contribution in [0, 0.1) is 0 Å². The van der Waals surface area contributed by atoms with Gasteiger partial charge in [0.05, 0.1) is 16.3 Å². The first-order valence-corrected chi connectivity index (χ1v) is 9.03. The Bertz CT molecular complexity index is 620. The second-order valence-electron chi connectivity index (χ2n) is 5.51. The fourth-order valence-corrected chi connectivity index (χ4v) is 3.39. The molecule has 8 heteroatoms. The number of allylic oxidation sites excluding steroid dienone is 1. The molecule has 0 fully saturated rings. The van der Waals surface area contributed by atoms with Crippen LogP contribution in [0.2, 0.25) is 5.02 Å². The first kappa shape index (κ1) is 19.1. The van der Waals surface area contributed by atoms with Gasteiger partial charge in [0, 0.05) is 12.7 Å². The van der Waals surface area contributed by atoms with Gasteiger partial charge < -0.3 is 5.32 Å². The maximum atomic E-state index is 12.5. The summed E-state index contributed by atoms with van der Waals surface area (Å²) in [5.41, 5.74) is 0.476. The number of halogens is 4. The number of rotatable bonds is 6. The fourth-order valence-electron chi connectivity index (χ4n) is 2.37. The molecule has 0 saturated heterocycles. The Balaban J connectivity index is 1.76. The van der Waals surface area contributed by atoms with Crippen molar-refractivity contribution >= 4 is 29.3 Å². The third-order valence-electron chi connectivity index (χ3n) is 3.63. The molecule has 1 aliphatic rings. The normalized spacial score (nSPS) is 15.1. The summed E-state index contributed by atoms with van der Waals surface area (Å²) >= 11 is 6.83. The molecule has 0 radical (unpaired) electrons. The second kappa shape index (κ2) is 8.76. The third-order valence-corrected chi connectivity index (χ3v) is 5.03. The van der Waals surface area contributed by atoms with Crippen LogP contribution in [0.25, 0.3) is 0 Å². The summed E-state index contributed by atoms with van der Waals surface area (Å²) in [5, 5.41) is 2.92. The number of pyridine rings is 1. The van der Waals surface area contributed by atoms with Gasteiger partial charge in [0.2, 0.25) is 5.91 Å². The summed E-state index contributed by atoms with van der Waals surface area (Å²) in [4.78, 5) is 15.5. The standard InChI is InChI=1S/C16H18ClF3N2OS/c17-13-8-12(16(18,19)20)9-22-15(13)24-10-14(23)21-7-6-11-4-2-1-3-5-11/h4,8-9H,1-3,5-7,10H2,(H,21,23). The Morgan fingerprint density at radius 2 is 2.17 bits per heavy atom. The maximum Gasteiger partial charge on any atom is 0.417 e. The van der Waals surface area contributed by atoms with E-state index in [2.05, 4.69) is 16.4 Å². The number of hydrogen-bond donors (Lipinski definition) is 1. The number of carbonyl (C=O) groups is 1. The molecule has 1 aromatic rings. The minimum absolute atomic E-state index is 0.0666. The van der Waals surface area contributed by atoms with Crippen molar-refractivity contribution < 1.29 is 18.0 Å². The number of hydrogen-bond acceptors (Lipinski definition) is 3. The van der Waals surface area contributed by atoms with Gasteiger partial charge in [-0.25, -0.2) is 4.98 Å². The van der Waals surface area contributed by atoms with Gasteiger partial charge in [-0.3, -0.25) is 4.79 Å². The largest absolute Gasteiger partial charge is 0.417 e. The van der Waals surface area contributed by atoms with Crippen LogP contribution >= 0.6 is 23.4 Å². The van der Waals surface area contributed by atoms with Crippen molar-refractivity contribution in [1.82, 2.24) is 10.3 Å². The SMILES string of the molecule is O=C(CSc1ncc(C(F)(F)F)cc1Cl)NCCC1=CCCCC1. The van der Waals surface area contributed by atoms with E-state index in [9.17, 15) is 18.0 Å². The molecule has 1 amide bonds. The Morgan fingerprint density at radius 3 is 2.79 bits per heavy atom. The van der Waals surface area contributed by atoms with Crippen molar-refractivity contribution in [2.24, 2.45) is 0 Å². The van der Waals surface area contributed by atoms with Crippen LogP contribution < -0.4 is 5.32 Å². The van der Waals surface area contributed by atoms with Gasteiger partial charge in [-0.15, -0.1) is 0 Å². The summed E-state index contributed by atoms with van der Waals surface area (Å²) < 4.78 is 37.6. The number of thioether (sulfide) groups is 1. The van der Waals surface area contributed by atoms with Crippen LogP contribution in [0.3, 0.4) is 0 Å². The monoisotopic (exact) mass is 378 g/mol. The summed E-state index contributed by atoms with van der Waals surface area (Å²) in [5.74, 6) is -0.119. The molecular formula is C16H18ClF3N2OS. The smallest absolute Gasteiger partial charge is 0.355 e. The van der Waals surface area contributed by atoms with E-state index in [1.165, 1.54) is 18.4 Å². The number of carbonyl (C=O) groups excluding carboxylic acids is 1. The summed E-state index contributed by atoms with van der Waals surface area (Å²) in [6.45, 7) is 0.569. The third kappa shape index (κ3) is 6.02. The second-order valence-corrected chi connectivity index (χ2v) is 6.88. The average Bonchev–Trinajstić information content (AvgIpc) is 2.54. The number of alkyl halides is 3. The van der Waals surface area contributed by atoms with E-state index in [0.717, 1.165) is 43.3 Å². The van der Waals surface area contributed by atoms with Gasteiger partial charge in [0.15, 0.2) is 0 Å². The zero-order valence-electron chi connectivity index (χ0n) is 13.0. The van der Waals surface area contributed by atoms with Crippen molar-refractivity contribution in [2.45, 2.75) is 43.3 Å². The van der Waals surface area contributed by atoms with E-state index in [4.69, 9.17) is 11.6 Å². The van der Waals surface area contributed by atoms with Gasteiger partial charge in [0.1, 0.15) is 5.03 Å². The Hall–Kier alpha value is -1.21. The van der Waals surface area contributed by atoms with Crippen LogP contribution in [0.5, 0.6) is 0 Å². The maximum absolute atomic E-state index is 12.5. The van der Waals surface area contributed by atoms with Crippen LogP contribution in [0.4, 0.5) is 13.2 Å². The van der Waals surface area contributed by atoms with E-state index >= 15 is 0 Å². The quantitative estimate of drug-likeness (QED) is 0.568. The lowest BCUT2D eigenvalue weighted by Crippen LogP contribution is -2.26. The molecule has 24 heavy (non-hydrogen) atoms. The van der Waals surface area contributed by atoms with Crippen molar-refractivity contribution in [1.29, 1.82) is 0 Å². The van der Waals surface area contributed by atoms with Crippen LogP contribution in [0.1, 0.15) is 37.7 Å². The topological polar surface area (TPSA) is 42.0 Å². The summed E-state index contributed by atoms with van der Waals surface area (Å²) in [6, 6.07) is 0.824. The highest BCUT2D eigenvalue weighted by Crippen LogP contribution is 2.33. The molecule has 1 heterocycles. The highest BCUT2D eigenvalue weighted by atomic mass is 35.5. The van der Waals surface area contributed by atoms with Crippen molar-refractivity contribution in [3.63, 3.8) is 0 Å². The Labute approximate surface area is 148 Å². The Morgan fingerprint density at radius 1 is 1.38 bits per heavy atom. The highest BCUT2D eigenvalue weighted by molar-refractivity contribution is 8.00. The molecule has 1 N–H and O–H groups in total. The van der Waals surface area contributed by atoms with Gasteiger partial charge >= 0.3 is 6.18 Å². The lowest BCUT2D eigenvalue weighted by Gasteiger charge is -2.13. The predicted octanol–water partition coefficient (Wildman–Crippen LogP) is 4.85. The minimum Gasteiger partial charge on any atom is -0.355 e. The van der Waals surface area contributed by atoms with Gasteiger partial charge in [-0.1, -0.05) is 35.0 Å². The summed E-state index contributed by atoms with van der Waals surface area (Å²) in [6.07, 6.45) is 3.95. The molecule has 0 bridgehead atoms. The lowest BCUT2D eigenvalue weighted by molar-refractivity contribution is -0.137. The van der Waals surface area contributed by atoms with Crippen LogP contribution in [0.15, 0.2) is 28.9 Å². The van der Waals surface area contributed by atoms with Gasteiger partial charge in [-0.05, 0) is 38.2 Å². The number of aromatic nitrogens is 1. The van der Waals surface area contributed by atoms with E-state index in [1.807, 2.05) is 0 Å². The predicted molar refractivity (Wildman–Crippen MR) is 89.2 cm³/mol. The minimum atomic E-state index is -4.48. The first-order chi connectivity index (χ1) is 11.4. The molecular weight excluding hydrogens is 361 g/mol. The zero-order chi connectivity index (χ0) is 17.6. The molecule has 0 unspecified atom stereocenters. The fraction of sp³-hybridized carbons (Fsp3) is 0.500. The number of nitrogens with one attached hydrogen (secondary N) is 1. The number of amides is 1. The first-order valence-electron chi connectivity index (χ1n) is 7.66. The van der Waals surface area contributed by atoms with E-state index in [1.54, 1.807) is 0 Å². The van der Waals surface area contributed by atoms with Crippen LogP contribution in [-0.2, 0) is 11.0 Å². The molecule has 2 rings (SSSR count). The average molecular weight is 379 g/mol. The highest BCUT2D eigenvalue weighted by Gasteiger charge is 2.31. The van der Waals surface area contributed by atoms with Crippen molar-refractivity contribution in [3.05, 3.63) is 34.5 Å². The Kier molecular flexibility index (Phi) is 6.98. The molecule has 132 valence electrons. The zero-order valence-corrected chi connectivity index (χ0v) is 14.5. The van der Waals surface area contributed by atoms with E-state index < -0.39 is 11.7 Å². The van der Waals surface area contributed by atoms with Crippen LogP contribution in [-0.4, -0.2) is 23.2 Å². The van der Waals surface area contributed by atoms with Gasteiger partial charge in [0.25, 0.3) is 0 Å². The molecule has 0 aliphatic heterocycles. The van der Waals surface area contributed by atoms with E-state index in [-0.39, 0.29) is 21.7 Å².